The minimum atomic E-state index is -1.13. The van der Waals surface area contributed by atoms with Crippen LogP contribution in [0.4, 0.5) is 20.5 Å². The van der Waals surface area contributed by atoms with Crippen molar-refractivity contribution in [3.05, 3.63) is 125 Å². The van der Waals surface area contributed by atoms with Gasteiger partial charge in [-0.05, 0) is 128 Å². The molecule has 3 aromatic heterocycles. The summed E-state index contributed by atoms with van der Waals surface area (Å²) >= 11 is 1.43. The van der Waals surface area contributed by atoms with Crippen LogP contribution in [0.3, 0.4) is 0 Å². The number of aromatic carboxylic acids is 1. The Labute approximate surface area is 484 Å². The SMILES string of the molecule is Cc1c(-c2ccc(N3CCc4cccc(C(=O)Nc5nc6ccccc6s5)c4C3)nc2C(=O)O)cnn1CC12CC3(C)CC(C)(C1)CC(OCCN(C)C(=O)OC(NC[C@H](CCCNC(N)=O)NC[C@@H](N)C(C)C)c1ccccc1)(C3)C2. The fourth-order valence-electron chi connectivity index (χ4n) is 14.6. The fraction of sp³-hybridized carbons (Fsp3) is 0.500. The lowest BCUT2D eigenvalue weighted by molar-refractivity contribution is -0.248. The molecule has 5 atom stereocenters. The molecule has 0 saturated heterocycles. The molecule has 4 saturated carbocycles. The zero-order chi connectivity index (χ0) is 58.0. The van der Waals surface area contributed by atoms with Gasteiger partial charge >= 0.3 is 18.1 Å². The summed E-state index contributed by atoms with van der Waals surface area (Å²) in [6, 6.07) is 26.3. The molecule has 4 heterocycles. The molecule has 5 aliphatic rings. The highest BCUT2D eigenvalue weighted by Crippen LogP contribution is 2.72. The van der Waals surface area contributed by atoms with Crippen LogP contribution in [0, 0.1) is 29.1 Å². The monoisotopic (exact) mass is 1140 g/mol. The molecule has 9 N–H and O–H groups in total. The van der Waals surface area contributed by atoms with Crippen LogP contribution in [0.5, 0.6) is 0 Å². The third kappa shape index (κ3) is 13.1. The normalized spacial score (nSPS) is 22.9. The summed E-state index contributed by atoms with van der Waals surface area (Å²) in [7, 11) is 1.75. The van der Waals surface area contributed by atoms with Gasteiger partial charge in [-0.3, -0.25) is 20.1 Å². The number of ether oxygens (including phenoxy) is 2. The Balaban J connectivity index is 0.791. The molecule has 3 unspecified atom stereocenters. The van der Waals surface area contributed by atoms with Gasteiger partial charge in [0.25, 0.3) is 5.91 Å². The zero-order valence-corrected chi connectivity index (χ0v) is 48.9. The second-order valence-electron chi connectivity index (χ2n) is 24.9. The second kappa shape index (κ2) is 24.1. The first-order valence-electron chi connectivity index (χ1n) is 28.9. The standard InChI is InChI=1S/C62H80N12O7S/c1-39(2)48(63)30-66-43(17-13-24-65-56(64)78)28-67-54(42-14-8-7-9-15-42)81-58(79)72(6)26-27-80-62-35-59(4)32-60(5,36-62)34-61(33-59,37-62)38-74-40(3)46(29-68-74)44-21-22-51(70-52(44)55(76)77)73-25-23-41-16-12-18-45(47(41)31-73)53(75)71-57-69-49-19-10-11-20-50(49)82-57/h7-12,14-16,18-22,29,39,43,48,54,66-67H,13,17,23-28,30-38,63H2,1-6H3,(H,76,77)(H3,64,65,78)(H,69,71,75)/t43-,48+,54?,59?,60?,61?,62?/m0/s1. The van der Waals surface area contributed by atoms with Crippen molar-refractivity contribution in [1.82, 2.24) is 40.6 Å². The van der Waals surface area contributed by atoms with Crippen LogP contribution in [0.1, 0.15) is 129 Å². The lowest BCUT2D eigenvalue weighted by atomic mass is 9.39. The van der Waals surface area contributed by atoms with Gasteiger partial charge in [-0.25, -0.2) is 24.4 Å². The van der Waals surface area contributed by atoms with E-state index in [9.17, 15) is 24.3 Å². The quantitative estimate of drug-likeness (QED) is 0.0220. The van der Waals surface area contributed by atoms with Crippen molar-refractivity contribution in [3.8, 4) is 11.1 Å². The molecule has 0 spiro atoms. The lowest BCUT2D eigenvalue weighted by Crippen LogP contribution is -2.64. The number of thiazole rings is 1. The number of para-hydroxylation sites is 1. The number of anilines is 2. The number of nitrogens with zero attached hydrogens (tertiary/aromatic N) is 6. The molecule has 1 aliphatic heterocycles. The maximum atomic E-state index is 13.9. The summed E-state index contributed by atoms with van der Waals surface area (Å²) in [5, 5.41) is 29.0. The highest BCUT2D eigenvalue weighted by Gasteiger charge is 2.66. The molecule has 11 rings (SSSR count). The van der Waals surface area contributed by atoms with Crippen LogP contribution >= 0.6 is 11.3 Å². The van der Waals surface area contributed by atoms with Gasteiger partial charge in [-0.2, -0.15) is 5.10 Å². The maximum Gasteiger partial charge on any atom is 0.411 e. The summed E-state index contributed by atoms with van der Waals surface area (Å²) in [5.41, 5.74) is 17.5. The van der Waals surface area contributed by atoms with Crippen molar-refractivity contribution in [2.24, 2.45) is 33.6 Å². The number of benzene rings is 3. The minimum Gasteiger partial charge on any atom is -0.476 e. The molecule has 4 amide bonds. The predicted octanol–water partition coefficient (Wildman–Crippen LogP) is 9.26. The molecule has 3 aromatic carbocycles. The number of nitrogens with two attached hydrogens (primary N) is 2. The fourth-order valence-corrected chi connectivity index (χ4v) is 15.4. The highest BCUT2D eigenvalue weighted by atomic mass is 32.1. The van der Waals surface area contributed by atoms with Crippen LogP contribution < -0.4 is 37.6 Å². The number of amides is 4. The van der Waals surface area contributed by atoms with Gasteiger partial charge in [0.1, 0.15) is 5.82 Å². The van der Waals surface area contributed by atoms with E-state index in [-0.39, 0.29) is 45.5 Å². The summed E-state index contributed by atoms with van der Waals surface area (Å²) in [5.74, 6) is -0.555. The van der Waals surface area contributed by atoms with Gasteiger partial charge in [0.05, 0.1) is 28.6 Å². The maximum absolute atomic E-state index is 13.9. The molecule has 4 bridgehead atoms. The summed E-state index contributed by atoms with van der Waals surface area (Å²) in [4.78, 5) is 65.2. The van der Waals surface area contributed by atoms with Gasteiger partial charge in [-0.1, -0.05) is 93.6 Å². The molecular weight excluding hydrogens is 1060 g/mol. The third-order valence-corrected chi connectivity index (χ3v) is 18.5. The van der Waals surface area contributed by atoms with E-state index in [0.717, 1.165) is 83.1 Å². The van der Waals surface area contributed by atoms with Crippen molar-refractivity contribution >= 4 is 56.5 Å². The average molecular weight is 1140 g/mol. The molecule has 82 heavy (non-hydrogen) atoms. The smallest absolute Gasteiger partial charge is 0.411 e. The number of nitrogens with one attached hydrogen (secondary N) is 4. The first-order valence-corrected chi connectivity index (χ1v) is 29.7. The van der Waals surface area contributed by atoms with Crippen LogP contribution in [0.25, 0.3) is 21.3 Å². The van der Waals surface area contributed by atoms with Crippen LogP contribution in [0.15, 0.2) is 91.1 Å². The van der Waals surface area contributed by atoms with E-state index < -0.39 is 24.3 Å². The molecular formula is C62H80N12O7S. The first-order chi connectivity index (χ1) is 39.2. The van der Waals surface area contributed by atoms with Gasteiger partial charge in [-0.15, -0.1) is 0 Å². The first kappa shape index (κ1) is 58.2. The van der Waals surface area contributed by atoms with E-state index in [4.69, 9.17) is 31.0 Å². The van der Waals surface area contributed by atoms with Crippen molar-refractivity contribution in [2.45, 2.75) is 129 Å². The number of carboxylic acid groups (broad SMARTS) is 1. The van der Waals surface area contributed by atoms with Gasteiger partial charge in [0.15, 0.2) is 17.1 Å². The Hall–Kier alpha value is -6.97. The Bertz CT molecular complexity index is 3240. The molecule has 6 aromatic rings. The number of carbonyl (C=O) groups is 4. The van der Waals surface area contributed by atoms with Crippen LogP contribution in [0.2, 0.25) is 0 Å². The van der Waals surface area contributed by atoms with Crippen molar-refractivity contribution < 1.29 is 33.8 Å². The predicted molar refractivity (Wildman–Crippen MR) is 319 cm³/mol. The number of rotatable bonds is 24. The molecule has 4 aliphatic carbocycles. The number of carboxylic acids is 1. The number of primary amides is 1. The van der Waals surface area contributed by atoms with Crippen molar-refractivity contribution in [3.63, 3.8) is 0 Å². The van der Waals surface area contributed by atoms with Gasteiger partial charge in [0, 0.05) is 92.9 Å². The number of pyridine rings is 1. The van der Waals surface area contributed by atoms with Crippen molar-refractivity contribution in [2.75, 3.05) is 56.6 Å². The van der Waals surface area contributed by atoms with Crippen molar-refractivity contribution in [1.29, 1.82) is 0 Å². The van der Waals surface area contributed by atoms with Gasteiger partial charge in [0.2, 0.25) is 0 Å². The molecule has 436 valence electrons. The summed E-state index contributed by atoms with van der Waals surface area (Å²) in [6.45, 7) is 14.9. The van der Waals surface area contributed by atoms with E-state index in [1.165, 1.54) is 11.3 Å². The van der Waals surface area contributed by atoms with E-state index in [0.29, 0.717) is 93.3 Å². The minimum absolute atomic E-state index is 0.0242. The third-order valence-electron chi connectivity index (χ3n) is 17.5. The van der Waals surface area contributed by atoms with E-state index >= 15 is 0 Å². The number of hydrogen-bond donors (Lipinski definition) is 7. The number of hydrogen-bond acceptors (Lipinski definition) is 14. The topological polar surface area (TPSA) is 257 Å². The second-order valence-corrected chi connectivity index (χ2v) is 25.9. The summed E-state index contributed by atoms with van der Waals surface area (Å²) < 4.78 is 16.3. The summed E-state index contributed by atoms with van der Waals surface area (Å²) in [6.07, 6.45) is 8.57. The lowest BCUT2D eigenvalue weighted by Gasteiger charge is -2.69. The number of fused-ring (bicyclic) bond motifs is 2. The molecule has 4 fully saturated rings. The van der Waals surface area contributed by atoms with Crippen LogP contribution in [-0.2, 0) is 29.0 Å². The van der Waals surface area contributed by atoms with E-state index in [1.807, 2.05) is 96.8 Å². The average Bonchev–Trinajstić information content (AvgIpc) is 3.55. The Morgan fingerprint density at radius 2 is 1.63 bits per heavy atom. The number of urea groups is 1. The van der Waals surface area contributed by atoms with E-state index in [1.54, 1.807) is 18.1 Å². The molecule has 20 heteroatoms. The Morgan fingerprint density at radius 1 is 0.878 bits per heavy atom. The number of aromatic nitrogens is 4. The number of likely N-dealkylation sites (N-methyl/N-ethyl adjacent to an activating group) is 1. The van der Waals surface area contributed by atoms with E-state index in [2.05, 4.69) is 58.6 Å². The van der Waals surface area contributed by atoms with Crippen LogP contribution in [-0.4, -0.2) is 118 Å². The highest BCUT2D eigenvalue weighted by molar-refractivity contribution is 7.22. The Kier molecular flexibility index (Phi) is 17.1. The molecule has 19 nitrogen and oxygen atoms in total. The zero-order valence-electron chi connectivity index (χ0n) is 48.1. The molecule has 0 radical (unpaired) electrons. The van der Waals surface area contributed by atoms with Gasteiger partial charge < -0.3 is 46.5 Å². The number of carbonyl (C=O) groups excluding carboxylic acids is 3. The Morgan fingerprint density at radius 3 is 2.37 bits per heavy atom. The largest absolute Gasteiger partial charge is 0.476 e.